The first-order chi connectivity index (χ1) is 13.6. The van der Waals surface area contributed by atoms with Gasteiger partial charge in [0, 0.05) is 42.2 Å². The predicted octanol–water partition coefficient (Wildman–Crippen LogP) is 4.05. The largest absolute Gasteiger partial charge is 0.494 e. The molecular weight excluding hydrogens is 374 g/mol. The van der Waals surface area contributed by atoms with Crippen LogP contribution in [-0.2, 0) is 19.5 Å². The number of rotatable bonds is 5. The summed E-state index contributed by atoms with van der Waals surface area (Å²) in [5.41, 5.74) is 3.55. The van der Waals surface area contributed by atoms with Crippen LogP contribution in [0.4, 0.5) is 0 Å². The van der Waals surface area contributed by atoms with Gasteiger partial charge in [0.25, 0.3) is 5.56 Å². The summed E-state index contributed by atoms with van der Waals surface area (Å²) in [6, 6.07) is 15.4. The van der Waals surface area contributed by atoms with Crippen molar-refractivity contribution < 1.29 is 4.74 Å². The number of hydrogen-bond acceptors (Lipinski definition) is 4. The van der Waals surface area contributed by atoms with Crippen LogP contribution in [0.25, 0.3) is 11.4 Å². The number of hydrogen-bond donors (Lipinski definition) is 1. The molecule has 0 aliphatic carbocycles. The third kappa shape index (κ3) is 3.96. The smallest absolute Gasteiger partial charge is 0.255 e. The quantitative estimate of drug-likeness (QED) is 0.708. The minimum Gasteiger partial charge on any atom is -0.494 e. The van der Waals surface area contributed by atoms with Crippen molar-refractivity contribution >= 4 is 11.6 Å². The lowest BCUT2D eigenvalue weighted by Gasteiger charge is -2.28. The fourth-order valence-corrected chi connectivity index (χ4v) is 3.66. The number of benzene rings is 2. The highest BCUT2D eigenvalue weighted by atomic mass is 35.5. The fourth-order valence-electron chi connectivity index (χ4n) is 3.53. The van der Waals surface area contributed by atoms with Gasteiger partial charge in [-0.15, -0.1) is 0 Å². The molecule has 0 saturated carbocycles. The Morgan fingerprint density at radius 2 is 1.96 bits per heavy atom. The van der Waals surface area contributed by atoms with E-state index in [1.807, 2.05) is 37.3 Å². The van der Waals surface area contributed by atoms with Crippen molar-refractivity contribution in [3.63, 3.8) is 0 Å². The number of aromatic nitrogens is 2. The van der Waals surface area contributed by atoms with E-state index in [9.17, 15) is 4.79 Å². The number of ether oxygens (including phenoxy) is 1. The minimum atomic E-state index is -0.0715. The minimum absolute atomic E-state index is 0.0715. The van der Waals surface area contributed by atoms with Gasteiger partial charge in [-0.25, -0.2) is 4.98 Å². The number of para-hydroxylation sites is 1. The maximum atomic E-state index is 12.7. The molecule has 3 aromatic rings. The summed E-state index contributed by atoms with van der Waals surface area (Å²) < 4.78 is 5.73. The van der Waals surface area contributed by atoms with Gasteiger partial charge in [-0.3, -0.25) is 9.69 Å². The van der Waals surface area contributed by atoms with Crippen LogP contribution in [0.5, 0.6) is 5.75 Å². The first kappa shape index (κ1) is 18.7. The molecule has 0 radical (unpaired) electrons. The zero-order valence-corrected chi connectivity index (χ0v) is 16.5. The van der Waals surface area contributed by atoms with Crippen LogP contribution in [0.3, 0.4) is 0 Å². The molecule has 28 heavy (non-hydrogen) atoms. The molecule has 0 fully saturated rings. The molecular formula is C22H22ClN3O2. The number of halogens is 1. The van der Waals surface area contributed by atoms with Crippen LogP contribution < -0.4 is 10.3 Å². The van der Waals surface area contributed by atoms with E-state index < -0.39 is 0 Å². The molecule has 0 amide bonds. The molecule has 0 unspecified atom stereocenters. The van der Waals surface area contributed by atoms with Gasteiger partial charge in [0.2, 0.25) is 0 Å². The van der Waals surface area contributed by atoms with Gasteiger partial charge in [0.15, 0.2) is 0 Å². The maximum Gasteiger partial charge on any atom is 0.255 e. The zero-order chi connectivity index (χ0) is 19.5. The maximum absolute atomic E-state index is 12.7. The second-order valence-corrected chi connectivity index (χ2v) is 7.28. The molecule has 0 saturated heterocycles. The first-order valence-electron chi connectivity index (χ1n) is 9.45. The van der Waals surface area contributed by atoms with Crippen LogP contribution in [0, 0.1) is 0 Å². The molecule has 1 aromatic heterocycles. The summed E-state index contributed by atoms with van der Waals surface area (Å²) in [5, 5.41) is 0.659. The number of nitrogens with one attached hydrogen (secondary N) is 1. The highest BCUT2D eigenvalue weighted by Crippen LogP contribution is 2.24. The number of aromatic amines is 1. The van der Waals surface area contributed by atoms with E-state index in [2.05, 4.69) is 16.0 Å². The molecule has 1 aliphatic rings. The van der Waals surface area contributed by atoms with Crippen LogP contribution >= 0.6 is 11.6 Å². The Morgan fingerprint density at radius 1 is 1.18 bits per heavy atom. The Hall–Kier alpha value is -2.63. The Bertz CT molecular complexity index is 1030. The molecule has 2 heterocycles. The number of nitrogens with zero attached hydrogens (tertiary/aromatic N) is 2. The van der Waals surface area contributed by atoms with Gasteiger partial charge in [0.1, 0.15) is 11.6 Å². The third-order valence-corrected chi connectivity index (χ3v) is 5.18. The summed E-state index contributed by atoms with van der Waals surface area (Å²) in [5.74, 6) is 1.50. The summed E-state index contributed by atoms with van der Waals surface area (Å²) in [6.07, 6.45) is 0.747. The van der Waals surface area contributed by atoms with Crippen molar-refractivity contribution in [3.05, 3.63) is 80.7 Å². The summed E-state index contributed by atoms with van der Waals surface area (Å²) in [4.78, 5) is 22.6. The highest BCUT2D eigenvalue weighted by Gasteiger charge is 2.22. The van der Waals surface area contributed by atoms with Crippen molar-refractivity contribution in [1.29, 1.82) is 0 Å². The second kappa shape index (κ2) is 8.17. The van der Waals surface area contributed by atoms with Gasteiger partial charge in [-0.1, -0.05) is 29.8 Å². The van der Waals surface area contributed by atoms with Crippen LogP contribution in [0.2, 0.25) is 5.02 Å². The number of H-pyrrole nitrogens is 1. The van der Waals surface area contributed by atoms with Crippen molar-refractivity contribution in [2.75, 3.05) is 13.2 Å². The molecule has 144 valence electrons. The SMILES string of the molecule is CCOc1ccccc1CN1CCc2nc(-c3ccc(Cl)cc3)[nH]c(=O)c2C1. The van der Waals surface area contributed by atoms with Gasteiger partial charge >= 0.3 is 0 Å². The average molecular weight is 396 g/mol. The van der Waals surface area contributed by atoms with E-state index in [-0.39, 0.29) is 5.56 Å². The highest BCUT2D eigenvalue weighted by molar-refractivity contribution is 6.30. The standard InChI is InChI=1S/C22H22ClN3O2/c1-2-28-20-6-4-3-5-16(20)13-26-12-11-19-18(14-26)22(27)25-21(24-19)15-7-9-17(23)10-8-15/h3-10H,2,11-14H2,1H3,(H,24,25,27). The fraction of sp³-hybridized carbons (Fsp3) is 0.273. The second-order valence-electron chi connectivity index (χ2n) is 6.85. The molecule has 4 rings (SSSR count). The monoisotopic (exact) mass is 395 g/mol. The van der Waals surface area contributed by atoms with Crippen molar-refractivity contribution in [1.82, 2.24) is 14.9 Å². The molecule has 0 atom stereocenters. The lowest BCUT2D eigenvalue weighted by Crippen LogP contribution is -2.35. The van der Waals surface area contributed by atoms with Crippen molar-refractivity contribution in [3.8, 4) is 17.1 Å². The molecule has 0 spiro atoms. The van der Waals surface area contributed by atoms with Gasteiger partial charge in [0.05, 0.1) is 17.9 Å². The number of fused-ring (bicyclic) bond motifs is 1. The lowest BCUT2D eigenvalue weighted by atomic mass is 10.0. The molecule has 0 bridgehead atoms. The van der Waals surface area contributed by atoms with Crippen molar-refractivity contribution in [2.24, 2.45) is 0 Å². The van der Waals surface area contributed by atoms with Crippen LogP contribution in [0.1, 0.15) is 23.7 Å². The van der Waals surface area contributed by atoms with E-state index in [1.165, 1.54) is 0 Å². The van der Waals surface area contributed by atoms with Gasteiger partial charge in [-0.05, 0) is 37.3 Å². The van der Waals surface area contributed by atoms with E-state index in [1.54, 1.807) is 12.1 Å². The summed E-state index contributed by atoms with van der Waals surface area (Å²) in [6.45, 7) is 4.80. The topological polar surface area (TPSA) is 58.2 Å². The van der Waals surface area contributed by atoms with E-state index in [0.717, 1.165) is 47.6 Å². The third-order valence-electron chi connectivity index (χ3n) is 4.93. The lowest BCUT2D eigenvalue weighted by molar-refractivity contribution is 0.236. The van der Waals surface area contributed by atoms with E-state index in [0.29, 0.717) is 24.0 Å². The average Bonchev–Trinajstić information content (AvgIpc) is 2.70. The molecule has 5 nitrogen and oxygen atoms in total. The first-order valence-corrected chi connectivity index (χ1v) is 9.83. The Balaban J connectivity index is 1.56. The predicted molar refractivity (Wildman–Crippen MR) is 111 cm³/mol. The zero-order valence-electron chi connectivity index (χ0n) is 15.7. The Kier molecular flexibility index (Phi) is 5.46. The normalized spacial score (nSPS) is 13.9. The van der Waals surface area contributed by atoms with E-state index >= 15 is 0 Å². The Labute approximate surface area is 169 Å². The summed E-state index contributed by atoms with van der Waals surface area (Å²) >= 11 is 5.95. The molecule has 1 aliphatic heterocycles. The van der Waals surface area contributed by atoms with Crippen molar-refractivity contribution in [2.45, 2.75) is 26.4 Å². The van der Waals surface area contributed by atoms with Crippen LogP contribution in [-0.4, -0.2) is 28.0 Å². The van der Waals surface area contributed by atoms with Gasteiger partial charge in [-0.2, -0.15) is 0 Å². The van der Waals surface area contributed by atoms with Gasteiger partial charge < -0.3 is 9.72 Å². The Morgan fingerprint density at radius 3 is 2.75 bits per heavy atom. The molecule has 2 aromatic carbocycles. The summed E-state index contributed by atoms with van der Waals surface area (Å²) in [7, 11) is 0. The molecule has 6 heteroatoms. The van der Waals surface area contributed by atoms with Crippen LogP contribution in [0.15, 0.2) is 53.3 Å². The van der Waals surface area contributed by atoms with E-state index in [4.69, 9.17) is 21.3 Å². The molecule has 1 N–H and O–H groups in total.